The predicted molar refractivity (Wildman–Crippen MR) is 124 cm³/mol. The minimum atomic E-state index is -4.22. The van der Waals surface area contributed by atoms with E-state index in [4.69, 9.17) is 4.74 Å². The minimum Gasteiger partial charge on any atom is -0.494 e. The lowest BCUT2D eigenvalue weighted by atomic mass is 10.0. The van der Waals surface area contributed by atoms with E-state index >= 15 is 4.39 Å². The molecule has 10 heteroatoms. The number of unbranched alkanes of at least 4 members (excludes halogenated alkanes) is 1. The highest BCUT2D eigenvalue weighted by molar-refractivity contribution is 7.92. The second kappa shape index (κ2) is 9.60. The van der Waals surface area contributed by atoms with Gasteiger partial charge in [-0.05, 0) is 55.0 Å². The molecule has 34 heavy (non-hydrogen) atoms. The van der Waals surface area contributed by atoms with Crippen LogP contribution in [0.5, 0.6) is 5.75 Å². The van der Waals surface area contributed by atoms with Gasteiger partial charge in [-0.2, -0.15) is 0 Å². The number of anilines is 1. The number of ketones is 1. The molecule has 0 saturated carbocycles. The number of ether oxygens (including phenoxy) is 1. The number of carbonyl (C=O) groups excluding carboxylic acids is 1. The second-order valence-corrected chi connectivity index (χ2v) is 9.18. The number of pyridine rings is 1. The van der Waals surface area contributed by atoms with Gasteiger partial charge in [0.05, 0.1) is 22.8 Å². The molecule has 0 amide bonds. The Labute approximate surface area is 194 Å². The molecule has 4 rings (SSSR count). The SMILES string of the molecule is CCCCOc1ccc(S(=O)(=O)Nc2ccc(F)c(C(=O)c3c[nH]c4ncccc34)c2F)cc1. The van der Waals surface area contributed by atoms with Crippen LogP contribution < -0.4 is 9.46 Å². The zero-order valence-corrected chi connectivity index (χ0v) is 19.0. The minimum absolute atomic E-state index is 0.0135. The number of hydrogen-bond donors (Lipinski definition) is 2. The van der Waals surface area contributed by atoms with Gasteiger partial charge in [0.15, 0.2) is 5.82 Å². The maximum atomic E-state index is 15.2. The summed E-state index contributed by atoms with van der Waals surface area (Å²) in [5.74, 6) is -2.87. The Hall–Kier alpha value is -3.79. The number of carbonyl (C=O) groups is 1. The molecular weight excluding hydrogens is 464 g/mol. The highest BCUT2D eigenvalue weighted by Crippen LogP contribution is 2.28. The largest absolute Gasteiger partial charge is 0.494 e. The molecule has 0 saturated heterocycles. The van der Waals surface area contributed by atoms with Crippen LogP contribution in [-0.2, 0) is 10.0 Å². The molecule has 0 aliphatic carbocycles. The molecular formula is C24H21F2N3O4S. The molecule has 0 fully saturated rings. The van der Waals surface area contributed by atoms with Crippen molar-refractivity contribution in [1.82, 2.24) is 9.97 Å². The fraction of sp³-hybridized carbons (Fsp3) is 0.167. The van der Waals surface area contributed by atoms with E-state index in [0.717, 1.165) is 25.0 Å². The third-order valence-electron chi connectivity index (χ3n) is 5.16. The lowest BCUT2D eigenvalue weighted by molar-refractivity contribution is 0.103. The normalized spacial score (nSPS) is 11.5. The van der Waals surface area contributed by atoms with Gasteiger partial charge >= 0.3 is 0 Å². The average Bonchev–Trinajstić information content (AvgIpc) is 3.26. The second-order valence-electron chi connectivity index (χ2n) is 7.49. The predicted octanol–water partition coefficient (Wildman–Crippen LogP) is 5.05. The van der Waals surface area contributed by atoms with Crippen molar-refractivity contribution >= 4 is 32.5 Å². The fourth-order valence-corrected chi connectivity index (χ4v) is 4.43. The smallest absolute Gasteiger partial charge is 0.261 e. The van der Waals surface area contributed by atoms with Gasteiger partial charge in [-0.1, -0.05) is 13.3 Å². The summed E-state index contributed by atoms with van der Waals surface area (Å²) in [7, 11) is -4.22. The van der Waals surface area contributed by atoms with Crippen molar-refractivity contribution < 1.29 is 26.7 Å². The Balaban J connectivity index is 1.62. The van der Waals surface area contributed by atoms with Gasteiger partial charge in [0.1, 0.15) is 17.2 Å². The van der Waals surface area contributed by atoms with E-state index in [1.165, 1.54) is 36.7 Å². The van der Waals surface area contributed by atoms with E-state index in [1.807, 2.05) is 6.92 Å². The maximum Gasteiger partial charge on any atom is 0.261 e. The van der Waals surface area contributed by atoms with Gasteiger partial charge in [0.2, 0.25) is 5.78 Å². The first-order chi connectivity index (χ1) is 16.3. The van der Waals surface area contributed by atoms with Gasteiger partial charge in [-0.15, -0.1) is 0 Å². The Bertz CT molecular complexity index is 1450. The van der Waals surface area contributed by atoms with E-state index in [-0.39, 0.29) is 10.5 Å². The summed E-state index contributed by atoms with van der Waals surface area (Å²) in [6, 6.07) is 10.6. The first kappa shape index (κ1) is 23.4. The van der Waals surface area contributed by atoms with Crippen LogP contribution in [-0.4, -0.2) is 30.8 Å². The Morgan fingerprint density at radius 2 is 1.88 bits per heavy atom. The molecule has 2 aromatic carbocycles. The Morgan fingerprint density at radius 3 is 2.62 bits per heavy atom. The van der Waals surface area contributed by atoms with Crippen LogP contribution in [0.2, 0.25) is 0 Å². The summed E-state index contributed by atoms with van der Waals surface area (Å²) >= 11 is 0. The molecule has 2 N–H and O–H groups in total. The number of nitrogens with one attached hydrogen (secondary N) is 2. The maximum absolute atomic E-state index is 15.2. The van der Waals surface area contributed by atoms with Crippen molar-refractivity contribution in [1.29, 1.82) is 0 Å². The van der Waals surface area contributed by atoms with E-state index in [9.17, 15) is 17.6 Å². The Morgan fingerprint density at radius 1 is 1.12 bits per heavy atom. The molecule has 4 aromatic rings. The van der Waals surface area contributed by atoms with Crippen molar-refractivity contribution in [3.05, 3.63) is 83.7 Å². The zero-order valence-electron chi connectivity index (χ0n) is 18.1. The van der Waals surface area contributed by atoms with E-state index < -0.39 is 38.7 Å². The van der Waals surface area contributed by atoms with Crippen LogP contribution in [0.15, 0.2) is 65.8 Å². The molecule has 0 radical (unpaired) electrons. The number of benzene rings is 2. The number of fused-ring (bicyclic) bond motifs is 1. The highest BCUT2D eigenvalue weighted by atomic mass is 32.2. The van der Waals surface area contributed by atoms with Crippen molar-refractivity contribution in [2.24, 2.45) is 0 Å². The average molecular weight is 486 g/mol. The number of H-pyrrole nitrogens is 1. The van der Waals surface area contributed by atoms with Crippen molar-refractivity contribution in [2.75, 3.05) is 11.3 Å². The molecule has 0 spiro atoms. The monoisotopic (exact) mass is 485 g/mol. The molecule has 0 atom stereocenters. The quantitative estimate of drug-likeness (QED) is 0.255. The molecule has 0 unspecified atom stereocenters. The summed E-state index contributed by atoms with van der Waals surface area (Å²) in [5, 5.41) is 0.388. The lowest BCUT2D eigenvalue weighted by Crippen LogP contribution is -2.16. The molecule has 7 nitrogen and oxygen atoms in total. The van der Waals surface area contributed by atoms with Gasteiger partial charge in [0.25, 0.3) is 10.0 Å². The first-order valence-electron chi connectivity index (χ1n) is 10.5. The van der Waals surface area contributed by atoms with Gasteiger partial charge < -0.3 is 9.72 Å². The molecule has 0 aliphatic rings. The summed E-state index contributed by atoms with van der Waals surface area (Å²) in [4.78, 5) is 19.7. The summed E-state index contributed by atoms with van der Waals surface area (Å²) in [6.45, 7) is 2.53. The van der Waals surface area contributed by atoms with Crippen LogP contribution in [0.1, 0.15) is 35.7 Å². The number of rotatable bonds is 9. The van der Waals surface area contributed by atoms with Crippen LogP contribution >= 0.6 is 0 Å². The molecule has 0 bridgehead atoms. The number of sulfonamides is 1. The Kier molecular flexibility index (Phi) is 6.60. The molecule has 176 valence electrons. The van der Waals surface area contributed by atoms with Crippen molar-refractivity contribution in [2.45, 2.75) is 24.7 Å². The third kappa shape index (κ3) is 4.62. The molecule has 2 aromatic heterocycles. The zero-order chi connectivity index (χ0) is 24.3. The van der Waals surface area contributed by atoms with Crippen LogP contribution in [0, 0.1) is 11.6 Å². The van der Waals surface area contributed by atoms with E-state index in [0.29, 0.717) is 23.4 Å². The van der Waals surface area contributed by atoms with E-state index in [1.54, 1.807) is 12.1 Å². The number of aromatic amines is 1. The fourth-order valence-electron chi connectivity index (χ4n) is 3.37. The molecule has 2 heterocycles. The van der Waals surface area contributed by atoms with Crippen LogP contribution in [0.3, 0.4) is 0 Å². The highest BCUT2D eigenvalue weighted by Gasteiger charge is 2.26. The van der Waals surface area contributed by atoms with E-state index in [2.05, 4.69) is 14.7 Å². The number of halogens is 2. The number of nitrogens with zero attached hydrogens (tertiary/aromatic N) is 1. The van der Waals surface area contributed by atoms with Gasteiger partial charge in [-0.3, -0.25) is 9.52 Å². The van der Waals surface area contributed by atoms with Crippen LogP contribution in [0.4, 0.5) is 14.5 Å². The van der Waals surface area contributed by atoms with Crippen molar-refractivity contribution in [3.8, 4) is 5.75 Å². The van der Waals surface area contributed by atoms with Gasteiger partial charge in [0, 0.05) is 23.3 Å². The standard InChI is InChI=1S/C24H21F2N3O4S/c1-2-3-13-33-15-6-8-16(9-7-15)34(31,32)29-20-11-10-19(25)21(22(20)26)23(30)18-14-28-24-17(18)5-4-12-27-24/h4-12,14,29H,2-3,13H2,1H3,(H,27,28). The first-order valence-corrected chi connectivity index (χ1v) is 12.0. The van der Waals surface area contributed by atoms with Crippen LogP contribution in [0.25, 0.3) is 11.0 Å². The van der Waals surface area contributed by atoms with Gasteiger partial charge in [-0.25, -0.2) is 22.2 Å². The summed E-state index contributed by atoms with van der Waals surface area (Å²) < 4.78 is 62.9. The summed E-state index contributed by atoms with van der Waals surface area (Å²) in [6.07, 6.45) is 4.64. The number of hydrogen-bond acceptors (Lipinski definition) is 5. The number of aromatic nitrogens is 2. The summed E-state index contributed by atoms with van der Waals surface area (Å²) in [5.41, 5.74) is -1.03. The topological polar surface area (TPSA) is 101 Å². The molecule has 0 aliphatic heterocycles. The lowest BCUT2D eigenvalue weighted by Gasteiger charge is -2.12. The third-order valence-corrected chi connectivity index (χ3v) is 6.54. The van der Waals surface area contributed by atoms with Crippen molar-refractivity contribution in [3.63, 3.8) is 0 Å².